The highest BCUT2D eigenvalue weighted by Crippen LogP contribution is 2.47. The molecule has 4 unspecified atom stereocenters. The molecule has 3 N–H and O–H groups in total. The van der Waals surface area contributed by atoms with Crippen molar-refractivity contribution in [2.24, 2.45) is 11.7 Å². The van der Waals surface area contributed by atoms with Gasteiger partial charge < -0.3 is 11.1 Å². The fourth-order valence-corrected chi connectivity index (χ4v) is 3.18. The highest BCUT2D eigenvalue weighted by atomic mass is 16.2. The molecule has 4 atom stereocenters. The Labute approximate surface area is 114 Å². The molecule has 0 spiro atoms. The number of benzene rings is 1. The van der Waals surface area contributed by atoms with Crippen molar-refractivity contribution in [3.63, 3.8) is 0 Å². The van der Waals surface area contributed by atoms with E-state index in [9.17, 15) is 4.79 Å². The van der Waals surface area contributed by atoms with Gasteiger partial charge in [0.1, 0.15) is 0 Å². The molecule has 2 aliphatic carbocycles. The first kappa shape index (κ1) is 12.7. The van der Waals surface area contributed by atoms with Gasteiger partial charge in [0.25, 0.3) is 0 Å². The van der Waals surface area contributed by atoms with Crippen LogP contribution in [0.4, 0.5) is 0 Å². The van der Waals surface area contributed by atoms with Gasteiger partial charge in [-0.25, -0.2) is 0 Å². The second-order valence-electron chi connectivity index (χ2n) is 5.92. The van der Waals surface area contributed by atoms with E-state index in [1.54, 1.807) is 0 Å². The molecule has 3 nitrogen and oxygen atoms in total. The van der Waals surface area contributed by atoms with Crippen LogP contribution in [0.5, 0.6) is 0 Å². The number of carbonyl (C=O) groups excluding carboxylic acids is 1. The van der Waals surface area contributed by atoms with Crippen molar-refractivity contribution >= 4 is 5.91 Å². The summed E-state index contributed by atoms with van der Waals surface area (Å²) in [6.07, 6.45) is 5.44. The minimum Gasteiger partial charge on any atom is -0.352 e. The normalized spacial score (nSPS) is 33.7. The maximum Gasteiger partial charge on any atom is 0.224 e. The second-order valence-corrected chi connectivity index (χ2v) is 5.92. The lowest BCUT2D eigenvalue weighted by molar-refractivity contribution is -0.123. The molecule has 0 radical (unpaired) electrons. The summed E-state index contributed by atoms with van der Waals surface area (Å²) in [4.78, 5) is 12.2. The number of carbonyl (C=O) groups is 1. The van der Waals surface area contributed by atoms with Crippen molar-refractivity contribution < 1.29 is 4.79 Å². The van der Waals surface area contributed by atoms with Gasteiger partial charge in [0.15, 0.2) is 0 Å². The smallest absolute Gasteiger partial charge is 0.224 e. The number of amides is 1. The number of nitrogens with one attached hydrogen (secondary N) is 1. The minimum atomic E-state index is 0.145. The molecule has 3 rings (SSSR count). The maximum absolute atomic E-state index is 12.2. The highest BCUT2D eigenvalue weighted by Gasteiger charge is 2.44. The zero-order valence-electron chi connectivity index (χ0n) is 11.2. The Morgan fingerprint density at radius 2 is 1.89 bits per heavy atom. The van der Waals surface area contributed by atoms with E-state index in [0.717, 1.165) is 19.3 Å². The second kappa shape index (κ2) is 5.33. The van der Waals surface area contributed by atoms with Gasteiger partial charge in [0.2, 0.25) is 5.91 Å². The van der Waals surface area contributed by atoms with Crippen molar-refractivity contribution in [2.75, 3.05) is 0 Å². The van der Waals surface area contributed by atoms with Crippen molar-refractivity contribution in [3.05, 3.63) is 35.9 Å². The lowest BCUT2D eigenvalue weighted by Crippen LogP contribution is -2.49. The lowest BCUT2D eigenvalue weighted by atomic mass is 9.91. The fourth-order valence-electron chi connectivity index (χ4n) is 3.18. The third kappa shape index (κ3) is 2.81. The topological polar surface area (TPSA) is 55.1 Å². The van der Waals surface area contributed by atoms with Gasteiger partial charge in [-0.05, 0) is 30.7 Å². The molecule has 3 heteroatoms. The number of nitrogens with two attached hydrogens (primary N) is 1. The SMILES string of the molecule is NC1CCCCC1NC(=O)C1CC1c1ccccc1. The summed E-state index contributed by atoms with van der Waals surface area (Å²) in [5.41, 5.74) is 7.37. The maximum atomic E-state index is 12.2. The van der Waals surface area contributed by atoms with Gasteiger partial charge in [-0.1, -0.05) is 43.2 Å². The summed E-state index contributed by atoms with van der Waals surface area (Å²) in [5.74, 6) is 0.786. The van der Waals surface area contributed by atoms with Crippen LogP contribution in [0.1, 0.15) is 43.6 Å². The van der Waals surface area contributed by atoms with Crippen molar-refractivity contribution in [3.8, 4) is 0 Å². The van der Waals surface area contributed by atoms with Crippen LogP contribution in [0.2, 0.25) is 0 Å². The Bertz CT molecular complexity index is 445. The Balaban J connectivity index is 1.55. The first-order chi connectivity index (χ1) is 9.25. The predicted molar refractivity (Wildman–Crippen MR) is 75.7 cm³/mol. The number of hydrogen-bond donors (Lipinski definition) is 2. The molecule has 0 saturated heterocycles. The molecule has 19 heavy (non-hydrogen) atoms. The average molecular weight is 258 g/mol. The van der Waals surface area contributed by atoms with Crippen LogP contribution in [0.25, 0.3) is 0 Å². The molecule has 0 aromatic heterocycles. The Kier molecular flexibility index (Phi) is 3.56. The average Bonchev–Trinajstić information content (AvgIpc) is 3.23. The largest absolute Gasteiger partial charge is 0.352 e. The Morgan fingerprint density at radius 3 is 2.63 bits per heavy atom. The van der Waals surface area contributed by atoms with E-state index in [1.807, 2.05) is 18.2 Å². The summed E-state index contributed by atoms with van der Waals surface area (Å²) < 4.78 is 0. The first-order valence-electron chi connectivity index (χ1n) is 7.36. The molecule has 102 valence electrons. The van der Waals surface area contributed by atoms with E-state index in [2.05, 4.69) is 17.4 Å². The standard InChI is InChI=1S/C16H22N2O/c17-14-8-4-5-9-15(14)18-16(19)13-10-12(13)11-6-2-1-3-7-11/h1-3,6-7,12-15H,4-5,8-10,17H2,(H,18,19). The molecular weight excluding hydrogens is 236 g/mol. The van der Waals surface area contributed by atoms with E-state index in [-0.39, 0.29) is 23.9 Å². The van der Waals surface area contributed by atoms with Crippen LogP contribution in [0.15, 0.2) is 30.3 Å². The summed E-state index contributed by atoms with van der Waals surface area (Å²) in [7, 11) is 0. The summed E-state index contributed by atoms with van der Waals surface area (Å²) in [5, 5.41) is 3.17. The van der Waals surface area contributed by atoms with Crippen LogP contribution in [0, 0.1) is 5.92 Å². The van der Waals surface area contributed by atoms with Crippen molar-refractivity contribution in [1.82, 2.24) is 5.32 Å². The molecule has 2 fully saturated rings. The molecular formula is C16H22N2O. The van der Waals surface area contributed by atoms with Crippen LogP contribution < -0.4 is 11.1 Å². The summed E-state index contributed by atoms with van der Waals surface area (Å²) in [6, 6.07) is 10.7. The Hall–Kier alpha value is -1.35. The van der Waals surface area contributed by atoms with E-state index >= 15 is 0 Å². The third-order valence-electron chi connectivity index (χ3n) is 4.50. The van der Waals surface area contributed by atoms with E-state index in [0.29, 0.717) is 5.92 Å². The van der Waals surface area contributed by atoms with Gasteiger partial charge in [0, 0.05) is 18.0 Å². The van der Waals surface area contributed by atoms with E-state index < -0.39 is 0 Å². The van der Waals surface area contributed by atoms with Gasteiger partial charge in [0.05, 0.1) is 0 Å². The summed E-state index contributed by atoms with van der Waals surface area (Å²) >= 11 is 0. The zero-order valence-corrected chi connectivity index (χ0v) is 11.2. The number of hydrogen-bond acceptors (Lipinski definition) is 2. The summed E-state index contributed by atoms with van der Waals surface area (Å²) in [6.45, 7) is 0. The molecule has 0 heterocycles. The first-order valence-corrected chi connectivity index (χ1v) is 7.36. The zero-order chi connectivity index (χ0) is 13.2. The minimum absolute atomic E-state index is 0.145. The van der Waals surface area contributed by atoms with E-state index in [1.165, 1.54) is 18.4 Å². The predicted octanol–water partition coefficient (Wildman–Crippen LogP) is 2.18. The van der Waals surface area contributed by atoms with Crippen LogP contribution in [-0.4, -0.2) is 18.0 Å². The molecule has 0 bridgehead atoms. The molecule has 1 aromatic rings. The fraction of sp³-hybridized carbons (Fsp3) is 0.562. The highest BCUT2D eigenvalue weighted by molar-refractivity contribution is 5.83. The van der Waals surface area contributed by atoms with Crippen LogP contribution >= 0.6 is 0 Å². The molecule has 2 aliphatic rings. The molecule has 0 aliphatic heterocycles. The van der Waals surface area contributed by atoms with Crippen LogP contribution in [0.3, 0.4) is 0 Å². The van der Waals surface area contributed by atoms with Gasteiger partial charge in [-0.3, -0.25) is 4.79 Å². The number of rotatable bonds is 3. The molecule has 2 saturated carbocycles. The lowest BCUT2D eigenvalue weighted by Gasteiger charge is -2.29. The van der Waals surface area contributed by atoms with Crippen molar-refractivity contribution in [2.45, 2.75) is 50.1 Å². The van der Waals surface area contributed by atoms with Crippen molar-refractivity contribution in [1.29, 1.82) is 0 Å². The Morgan fingerprint density at radius 1 is 1.16 bits per heavy atom. The molecule has 1 amide bonds. The van der Waals surface area contributed by atoms with E-state index in [4.69, 9.17) is 5.73 Å². The quantitative estimate of drug-likeness (QED) is 0.873. The van der Waals surface area contributed by atoms with Gasteiger partial charge in [-0.15, -0.1) is 0 Å². The van der Waals surface area contributed by atoms with Gasteiger partial charge in [-0.2, -0.15) is 0 Å². The monoisotopic (exact) mass is 258 g/mol. The van der Waals surface area contributed by atoms with Gasteiger partial charge >= 0.3 is 0 Å². The van der Waals surface area contributed by atoms with Crippen LogP contribution in [-0.2, 0) is 4.79 Å². The third-order valence-corrected chi connectivity index (χ3v) is 4.50. The molecule has 1 aromatic carbocycles.